The number of rotatable bonds is 0. The Morgan fingerprint density at radius 3 is 3.00 bits per heavy atom. The van der Waals surface area contributed by atoms with E-state index in [2.05, 4.69) is 17.5 Å². The number of nitriles is 1. The Labute approximate surface area is 81.8 Å². The van der Waals surface area contributed by atoms with Crippen molar-refractivity contribution in [2.75, 3.05) is 5.32 Å². The first-order chi connectivity index (χ1) is 6.90. The Bertz CT molecular complexity index is 554. The fraction of sp³-hybridized carbons (Fsp3) is 0.0833. The summed E-state index contributed by atoms with van der Waals surface area (Å²) >= 11 is 0. The summed E-state index contributed by atoms with van der Waals surface area (Å²) in [6.45, 7) is 0.877. The molecule has 66 valence electrons. The van der Waals surface area contributed by atoms with Gasteiger partial charge in [-0.25, -0.2) is 0 Å². The second-order valence-corrected chi connectivity index (χ2v) is 3.47. The molecule has 0 fully saturated rings. The lowest BCUT2D eigenvalue weighted by Crippen LogP contribution is -1.87. The van der Waals surface area contributed by atoms with Crippen molar-refractivity contribution in [3.8, 4) is 6.07 Å². The second-order valence-electron chi connectivity index (χ2n) is 3.47. The van der Waals surface area contributed by atoms with Gasteiger partial charge in [-0.2, -0.15) is 5.26 Å². The average molecular weight is 180 g/mol. The van der Waals surface area contributed by atoms with E-state index in [0.717, 1.165) is 23.2 Å². The summed E-state index contributed by atoms with van der Waals surface area (Å²) in [7, 11) is 0. The van der Waals surface area contributed by atoms with Crippen LogP contribution in [-0.2, 0) is 6.54 Å². The largest absolute Gasteiger partial charge is 0.380 e. The minimum absolute atomic E-state index is 0.759. The lowest BCUT2D eigenvalue weighted by Gasteiger charge is -2.01. The van der Waals surface area contributed by atoms with Crippen LogP contribution in [0, 0.1) is 11.3 Å². The summed E-state index contributed by atoms with van der Waals surface area (Å²) < 4.78 is 0. The van der Waals surface area contributed by atoms with Gasteiger partial charge in [0.05, 0.1) is 11.6 Å². The molecule has 0 radical (unpaired) electrons. The predicted molar refractivity (Wildman–Crippen MR) is 56.0 cm³/mol. The maximum atomic E-state index is 8.97. The molecule has 2 nitrogen and oxygen atoms in total. The molecule has 0 amide bonds. The van der Waals surface area contributed by atoms with Crippen molar-refractivity contribution < 1.29 is 0 Å². The highest BCUT2D eigenvalue weighted by atomic mass is 14.9. The topological polar surface area (TPSA) is 35.8 Å². The van der Waals surface area contributed by atoms with E-state index in [1.165, 1.54) is 10.9 Å². The predicted octanol–water partition coefficient (Wildman–Crippen LogP) is 2.64. The average Bonchev–Trinajstić information content (AvgIpc) is 2.65. The molecule has 0 bridgehead atoms. The van der Waals surface area contributed by atoms with Gasteiger partial charge in [-0.15, -0.1) is 0 Å². The van der Waals surface area contributed by atoms with Crippen molar-refractivity contribution in [1.82, 2.24) is 0 Å². The zero-order valence-electron chi connectivity index (χ0n) is 7.54. The first-order valence-electron chi connectivity index (χ1n) is 4.59. The first-order valence-corrected chi connectivity index (χ1v) is 4.59. The van der Waals surface area contributed by atoms with E-state index in [4.69, 9.17) is 5.26 Å². The van der Waals surface area contributed by atoms with Crippen LogP contribution in [0.15, 0.2) is 30.3 Å². The standard InChI is InChI=1S/C12H8N2/c13-6-8-4-5-11-12-9(7-14-11)2-1-3-10(8)12/h1-5,14H,7H2. The quantitative estimate of drug-likeness (QED) is 0.676. The van der Waals surface area contributed by atoms with Crippen molar-refractivity contribution in [2.45, 2.75) is 6.54 Å². The molecule has 2 aromatic carbocycles. The maximum absolute atomic E-state index is 8.97. The Morgan fingerprint density at radius 1 is 1.21 bits per heavy atom. The molecule has 0 spiro atoms. The molecule has 3 rings (SSSR count). The second kappa shape index (κ2) is 2.49. The third kappa shape index (κ3) is 0.789. The lowest BCUT2D eigenvalue weighted by atomic mass is 10.0. The van der Waals surface area contributed by atoms with Crippen molar-refractivity contribution in [3.05, 3.63) is 41.5 Å². The summed E-state index contributed by atoms with van der Waals surface area (Å²) in [5, 5.41) is 14.6. The van der Waals surface area contributed by atoms with Crippen LogP contribution in [0.5, 0.6) is 0 Å². The fourth-order valence-corrected chi connectivity index (χ4v) is 2.06. The molecule has 0 aliphatic carbocycles. The normalized spacial score (nSPS) is 12.5. The van der Waals surface area contributed by atoms with Gasteiger partial charge in [-0.1, -0.05) is 18.2 Å². The van der Waals surface area contributed by atoms with Crippen LogP contribution in [-0.4, -0.2) is 0 Å². The minimum Gasteiger partial charge on any atom is -0.380 e. The van der Waals surface area contributed by atoms with E-state index in [1.54, 1.807) is 0 Å². The zero-order chi connectivity index (χ0) is 9.54. The van der Waals surface area contributed by atoms with E-state index in [9.17, 15) is 0 Å². The number of hydrogen-bond acceptors (Lipinski definition) is 2. The number of hydrogen-bond donors (Lipinski definition) is 1. The van der Waals surface area contributed by atoms with Gasteiger partial charge < -0.3 is 5.32 Å². The van der Waals surface area contributed by atoms with Crippen LogP contribution in [0.2, 0.25) is 0 Å². The third-order valence-corrected chi connectivity index (χ3v) is 2.72. The molecule has 1 N–H and O–H groups in total. The van der Waals surface area contributed by atoms with Gasteiger partial charge in [0.25, 0.3) is 0 Å². The summed E-state index contributed by atoms with van der Waals surface area (Å²) in [6, 6.07) is 12.2. The molecular formula is C12H8N2. The number of nitrogens with zero attached hydrogens (tertiary/aromatic N) is 1. The van der Waals surface area contributed by atoms with Crippen molar-refractivity contribution in [1.29, 1.82) is 5.26 Å². The molecule has 1 aliphatic rings. The molecule has 0 atom stereocenters. The Morgan fingerprint density at radius 2 is 2.14 bits per heavy atom. The molecule has 0 saturated carbocycles. The molecule has 2 heteroatoms. The number of nitrogens with one attached hydrogen (secondary N) is 1. The molecule has 0 saturated heterocycles. The van der Waals surface area contributed by atoms with Gasteiger partial charge in [-0.05, 0) is 17.7 Å². The number of anilines is 1. The van der Waals surface area contributed by atoms with Gasteiger partial charge >= 0.3 is 0 Å². The molecule has 1 aliphatic heterocycles. The monoisotopic (exact) mass is 180 g/mol. The smallest absolute Gasteiger partial charge is 0.0998 e. The minimum atomic E-state index is 0.759. The molecule has 1 heterocycles. The highest BCUT2D eigenvalue weighted by molar-refractivity contribution is 6.01. The summed E-state index contributed by atoms with van der Waals surface area (Å²) in [5.74, 6) is 0. The van der Waals surface area contributed by atoms with E-state index in [-0.39, 0.29) is 0 Å². The Kier molecular flexibility index (Phi) is 1.32. The molecule has 0 unspecified atom stereocenters. The van der Waals surface area contributed by atoms with Crippen molar-refractivity contribution in [3.63, 3.8) is 0 Å². The van der Waals surface area contributed by atoms with Crippen molar-refractivity contribution >= 4 is 16.5 Å². The molecular weight excluding hydrogens is 172 g/mol. The number of benzene rings is 2. The van der Waals surface area contributed by atoms with Crippen LogP contribution >= 0.6 is 0 Å². The van der Waals surface area contributed by atoms with E-state index >= 15 is 0 Å². The Balaban J connectivity index is 2.55. The molecule has 0 aromatic heterocycles. The van der Waals surface area contributed by atoms with Crippen LogP contribution in [0.3, 0.4) is 0 Å². The summed E-state index contributed by atoms with van der Waals surface area (Å²) in [4.78, 5) is 0. The van der Waals surface area contributed by atoms with Gasteiger partial charge in [0.15, 0.2) is 0 Å². The van der Waals surface area contributed by atoms with Gasteiger partial charge in [0.2, 0.25) is 0 Å². The van der Waals surface area contributed by atoms with Gasteiger partial charge in [0, 0.05) is 23.0 Å². The fourth-order valence-electron chi connectivity index (χ4n) is 2.06. The van der Waals surface area contributed by atoms with Crippen LogP contribution < -0.4 is 5.32 Å². The summed E-state index contributed by atoms with van der Waals surface area (Å²) in [5.41, 5.74) is 3.19. The highest BCUT2D eigenvalue weighted by Gasteiger charge is 2.14. The zero-order valence-corrected chi connectivity index (χ0v) is 7.54. The van der Waals surface area contributed by atoms with Gasteiger partial charge in [-0.3, -0.25) is 0 Å². The summed E-state index contributed by atoms with van der Waals surface area (Å²) in [6.07, 6.45) is 0. The van der Waals surface area contributed by atoms with E-state index < -0.39 is 0 Å². The van der Waals surface area contributed by atoms with E-state index in [0.29, 0.717) is 0 Å². The third-order valence-electron chi connectivity index (χ3n) is 2.72. The lowest BCUT2D eigenvalue weighted by molar-refractivity contribution is 1.22. The van der Waals surface area contributed by atoms with E-state index in [1.807, 2.05) is 24.3 Å². The first kappa shape index (κ1) is 7.40. The van der Waals surface area contributed by atoms with Crippen molar-refractivity contribution in [2.24, 2.45) is 0 Å². The Hall–Kier alpha value is -2.01. The highest BCUT2D eigenvalue weighted by Crippen LogP contribution is 2.34. The van der Waals surface area contributed by atoms with Crippen LogP contribution in [0.25, 0.3) is 10.8 Å². The maximum Gasteiger partial charge on any atom is 0.0998 e. The molecule has 14 heavy (non-hydrogen) atoms. The SMILES string of the molecule is N#Cc1ccc2c3c(cccc13)CN2. The molecule has 2 aromatic rings. The van der Waals surface area contributed by atoms with Crippen LogP contribution in [0.4, 0.5) is 5.69 Å². The van der Waals surface area contributed by atoms with Crippen LogP contribution in [0.1, 0.15) is 11.1 Å². The van der Waals surface area contributed by atoms with Gasteiger partial charge in [0.1, 0.15) is 0 Å².